The van der Waals surface area contributed by atoms with Crippen LogP contribution in [-0.4, -0.2) is 31.3 Å². The van der Waals surface area contributed by atoms with Crippen LogP contribution in [0.5, 0.6) is 0 Å². The third-order valence-electron chi connectivity index (χ3n) is 1.96. The highest BCUT2D eigenvalue weighted by Gasteiger charge is 2.13. The first-order chi connectivity index (χ1) is 6.40. The van der Waals surface area contributed by atoms with Gasteiger partial charge in [0.15, 0.2) is 5.13 Å². The molecular formula is C8H11ClN2OS. The van der Waals surface area contributed by atoms with E-state index in [9.17, 15) is 0 Å². The molecule has 5 heteroatoms. The molecule has 0 bridgehead atoms. The van der Waals surface area contributed by atoms with Crippen molar-refractivity contribution in [3.63, 3.8) is 0 Å². The Bertz CT molecular complexity index is 273. The van der Waals surface area contributed by atoms with E-state index in [2.05, 4.69) is 9.88 Å². The molecule has 0 unspecified atom stereocenters. The lowest BCUT2D eigenvalue weighted by atomic mass is 10.5. The van der Waals surface area contributed by atoms with Crippen molar-refractivity contribution in [2.75, 3.05) is 31.2 Å². The van der Waals surface area contributed by atoms with Gasteiger partial charge in [0, 0.05) is 18.5 Å². The second-order valence-corrected chi connectivity index (χ2v) is 3.96. The molecular weight excluding hydrogens is 208 g/mol. The molecule has 1 aliphatic heterocycles. The van der Waals surface area contributed by atoms with Gasteiger partial charge in [-0.25, -0.2) is 4.98 Å². The van der Waals surface area contributed by atoms with E-state index < -0.39 is 0 Å². The number of morpholine rings is 1. The average Bonchev–Trinajstić information content (AvgIpc) is 2.67. The summed E-state index contributed by atoms with van der Waals surface area (Å²) in [6.07, 6.45) is 0. The van der Waals surface area contributed by atoms with Gasteiger partial charge in [-0.15, -0.1) is 22.9 Å². The lowest BCUT2D eigenvalue weighted by Gasteiger charge is -2.25. The highest BCUT2D eigenvalue weighted by Crippen LogP contribution is 2.21. The van der Waals surface area contributed by atoms with Gasteiger partial charge in [0.05, 0.1) is 24.8 Å². The first kappa shape index (κ1) is 9.24. The molecule has 0 atom stereocenters. The summed E-state index contributed by atoms with van der Waals surface area (Å²) in [5, 5.41) is 3.08. The van der Waals surface area contributed by atoms with E-state index in [1.165, 1.54) is 0 Å². The van der Waals surface area contributed by atoms with Crippen LogP contribution in [0, 0.1) is 0 Å². The largest absolute Gasteiger partial charge is 0.378 e. The van der Waals surface area contributed by atoms with E-state index in [4.69, 9.17) is 16.3 Å². The molecule has 1 aromatic heterocycles. The summed E-state index contributed by atoms with van der Waals surface area (Å²) in [6.45, 7) is 3.48. The van der Waals surface area contributed by atoms with Crippen LogP contribution in [0.2, 0.25) is 0 Å². The number of nitrogens with zero attached hydrogens (tertiary/aromatic N) is 2. The van der Waals surface area contributed by atoms with Crippen LogP contribution in [-0.2, 0) is 10.6 Å². The van der Waals surface area contributed by atoms with Gasteiger partial charge in [0.25, 0.3) is 0 Å². The van der Waals surface area contributed by atoms with Crippen molar-refractivity contribution in [3.05, 3.63) is 11.1 Å². The zero-order valence-electron chi connectivity index (χ0n) is 7.20. The third kappa shape index (κ3) is 2.13. The molecule has 1 fully saturated rings. The fourth-order valence-corrected chi connectivity index (χ4v) is 2.37. The SMILES string of the molecule is ClCc1csc(N2CCOCC2)n1. The van der Waals surface area contributed by atoms with Gasteiger partial charge in [-0.05, 0) is 0 Å². The minimum Gasteiger partial charge on any atom is -0.378 e. The molecule has 0 spiro atoms. The summed E-state index contributed by atoms with van der Waals surface area (Å²) in [5.74, 6) is 0.501. The van der Waals surface area contributed by atoms with Gasteiger partial charge in [-0.3, -0.25) is 0 Å². The van der Waals surface area contributed by atoms with Crippen molar-refractivity contribution in [2.24, 2.45) is 0 Å². The monoisotopic (exact) mass is 218 g/mol. The predicted octanol–water partition coefficient (Wildman–Crippen LogP) is 1.72. The number of alkyl halides is 1. The van der Waals surface area contributed by atoms with Crippen LogP contribution in [0.1, 0.15) is 5.69 Å². The molecule has 0 saturated carbocycles. The maximum atomic E-state index is 5.68. The van der Waals surface area contributed by atoms with E-state index in [-0.39, 0.29) is 0 Å². The summed E-state index contributed by atoms with van der Waals surface area (Å²) in [6, 6.07) is 0. The molecule has 2 rings (SSSR count). The van der Waals surface area contributed by atoms with Gasteiger partial charge in [0.1, 0.15) is 0 Å². The van der Waals surface area contributed by atoms with Crippen LogP contribution in [0.15, 0.2) is 5.38 Å². The smallest absolute Gasteiger partial charge is 0.185 e. The molecule has 0 radical (unpaired) electrons. The summed E-state index contributed by atoms with van der Waals surface area (Å²) < 4.78 is 5.26. The van der Waals surface area contributed by atoms with E-state index in [1.807, 2.05) is 5.38 Å². The summed E-state index contributed by atoms with van der Waals surface area (Å²) in [5.41, 5.74) is 0.966. The van der Waals surface area contributed by atoms with Crippen molar-refractivity contribution < 1.29 is 4.74 Å². The fourth-order valence-electron chi connectivity index (χ4n) is 1.26. The maximum Gasteiger partial charge on any atom is 0.185 e. The van der Waals surface area contributed by atoms with E-state index in [1.54, 1.807) is 11.3 Å². The number of halogens is 1. The van der Waals surface area contributed by atoms with Crippen molar-refractivity contribution >= 4 is 28.1 Å². The minimum absolute atomic E-state index is 0.501. The Balaban J connectivity index is 2.05. The Morgan fingerprint density at radius 2 is 2.31 bits per heavy atom. The van der Waals surface area contributed by atoms with E-state index >= 15 is 0 Å². The predicted molar refractivity (Wildman–Crippen MR) is 54.7 cm³/mol. The fraction of sp³-hybridized carbons (Fsp3) is 0.625. The second kappa shape index (κ2) is 4.26. The molecule has 0 amide bonds. The molecule has 1 aromatic rings. The van der Waals surface area contributed by atoms with Crippen LogP contribution in [0.3, 0.4) is 0 Å². The standard InChI is InChI=1S/C8H11ClN2OS/c9-5-7-6-13-8(10-7)11-1-3-12-4-2-11/h6H,1-5H2. The zero-order chi connectivity index (χ0) is 9.10. The van der Waals surface area contributed by atoms with Crippen molar-refractivity contribution in [1.29, 1.82) is 0 Å². The maximum absolute atomic E-state index is 5.68. The molecule has 0 N–H and O–H groups in total. The molecule has 3 nitrogen and oxygen atoms in total. The average molecular weight is 219 g/mol. The van der Waals surface area contributed by atoms with Gasteiger partial charge < -0.3 is 9.64 Å². The Morgan fingerprint density at radius 1 is 1.54 bits per heavy atom. The second-order valence-electron chi connectivity index (χ2n) is 2.85. The van der Waals surface area contributed by atoms with Crippen molar-refractivity contribution in [3.8, 4) is 0 Å². The number of ether oxygens (including phenoxy) is 1. The molecule has 1 aliphatic rings. The zero-order valence-corrected chi connectivity index (χ0v) is 8.77. The van der Waals surface area contributed by atoms with Crippen molar-refractivity contribution in [2.45, 2.75) is 5.88 Å². The van der Waals surface area contributed by atoms with Gasteiger partial charge in [-0.2, -0.15) is 0 Å². The minimum atomic E-state index is 0.501. The molecule has 0 aromatic carbocycles. The first-order valence-electron chi connectivity index (χ1n) is 4.23. The van der Waals surface area contributed by atoms with E-state index in [0.717, 1.165) is 37.1 Å². The number of rotatable bonds is 2. The van der Waals surface area contributed by atoms with Crippen LogP contribution >= 0.6 is 22.9 Å². The lowest BCUT2D eigenvalue weighted by Crippen LogP contribution is -2.36. The normalized spacial score (nSPS) is 17.8. The first-order valence-corrected chi connectivity index (χ1v) is 5.64. The molecule has 2 heterocycles. The van der Waals surface area contributed by atoms with Crippen LogP contribution in [0.4, 0.5) is 5.13 Å². The highest BCUT2D eigenvalue weighted by molar-refractivity contribution is 7.13. The van der Waals surface area contributed by atoms with Gasteiger partial charge in [-0.1, -0.05) is 0 Å². The molecule has 13 heavy (non-hydrogen) atoms. The van der Waals surface area contributed by atoms with E-state index in [0.29, 0.717) is 5.88 Å². The van der Waals surface area contributed by atoms with Crippen molar-refractivity contribution in [1.82, 2.24) is 4.98 Å². The van der Waals surface area contributed by atoms with Crippen LogP contribution in [0.25, 0.3) is 0 Å². The van der Waals surface area contributed by atoms with Gasteiger partial charge in [0.2, 0.25) is 0 Å². The Kier molecular flexibility index (Phi) is 3.03. The Morgan fingerprint density at radius 3 is 2.92 bits per heavy atom. The highest BCUT2D eigenvalue weighted by atomic mass is 35.5. The third-order valence-corrected chi connectivity index (χ3v) is 3.18. The number of hydrogen-bond acceptors (Lipinski definition) is 4. The number of thiazole rings is 1. The number of hydrogen-bond donors (Lipinski definition) is 0. The summed E-state index contributed by atoms with van der Waals surface area (Å²) in [7, 11) is 0. The topological polar surface area (TPSA) is 25.4 Å². The Labute approximate surface area is 86.3 Å². The number of anilines is 1. The lowest BCUT2D eigenvalue weighted by molar-refractivity contribution is 0.122. The molecule has 72 valence electrons. The number of aromatic nitrogens is 1. The summed E-state index contributed by atoms with van der Waals surface area (Å²) >= 11 is 7.34. The quantitative estimate of drug-likeness (QED) is 0.707. The van der Waals surface area contributed by atoms with Gasteiger partial charge >= 0.3 is 0 Å². The Hall–Kier alpha value is -0.320. The summed E-state index contributed by atoms with van der Waals surface area (Å²) in [4.78, 5) is 6.65. The molecule has 0 aliphatic carbocycles. The molecule has 1 saturated heterocycles. The van der Waals surface area contributed by atoms with Crippen LogP contribution < -0.4 is 4.90 Å².